The van der Waals surface area contributed by atoms with Crippen molar-refractivity contribution in [3.63, 3.8) is 0 Å². The summed E-state index contributed by atoms with van der Waals surface area (Å²) in [7, 11) is 0. The zero-order valence-electron chi connectivity index (χ0n) is 11.3. The van der Waals surface area contributed by atoms with Crippen molar-refractivity contribution in [2.75, 3.05) is 19.0 Å². The highest BCUT2D eigenvalue weighted by Gasteiger charge is 2.27. The summed E-state index contributed by atoms with van der Waals surface area (Å²) in [6, 6.07) is 0. The third-order valence-corrected chi connectivity index (χ3v) is 4.33. The molecule has 1 aromatic rings. The number of hydrogen-bond acceptors (Lipinski definition) is 2. The second-order valence-corrected chi connectivity index (χ2v) is 5.41. The predicted molar refractivity (Wildman–Crippen MR) is 72.3 cm³/mol. The number of carbonyl (C=O) groups is 1. The Balaban J connectivity index is 2.13. The van der Waals surface area contributed by atoms with Crippen LogP contribution in [0, 0.1) is 26.7 Å². The highest BCUT2D eigenvalue weighted by atomic mass is 35.5. The quantitative estimate of drug-likeness (QED) is 0.772. The van der Waals surface area contributed by atoms with Crippen LogP contribution < -0.4 is 0 Å². The minimum atomic E-state index is 0.106. The zero-order valence-corrected chi connectivity index (χ0v) is 12.0. The van der Waals surface area contributed by atoms with Crippen LogP contribution in [-0.4, -0.2) is 29.8 Å². The fourth-order valence-electron chi connectivity index (χ4n) is 2.56. The van der Waals surface area contributed by atoms with Gasteiger partial charge in [-0.15, -0.1) is 11.6 Å². The molecule has 0 saturated carbocycles. The normalized spacial score (nSPS) is 17.2. The van der Waals surface area contributed by atoms with E-state index in [0.29, 0.717) is 11.8 Å². The second-order valence-electron chi connectivity index (χ2n) is 5.10. The number of carbonyl (C=O) groups excluding carboxylic acids is 1. The lowest BCUT2D eigenvalue weighted by Gasteiger charge is -2.31. The standard InChI is InChI=1S/C14H20ClNO2/c1-9-10(2)18-11(3)13(9)14(17)16-6-4-12(8-15)5-7-16/h12H,4-8H2,1-3H3. The van der Waals surface area contributed by atoms with Crippen molar-refractivity contribution >= 4 is 17.5 Å². The van der Waals surface area contributed by atoms with Gasteiger partial charge in [0, 0.05) is 24.5 Å². The van der Waals surface area contributed by atoms with Gasteiger partial charge >= 0.3 is 0 Å². The summed E-state index contributed by atoms with van der Waals surface area (Å²) in [5.74, 6) is 2.94. The maximum Gasteiger partial charge on any atom is 0.257 e. The van der Waals surface area contributed by atoms with E-state index in [4.69, 9.17) is 16.0 Å². The fraction of sp³-hybridized carbons (Fsp3) is 0.643. The first kappa shape index (κ1) is 13.5. The molecule has 18 heavy (non-hydrogen) atoms. The van der Waals surface area contributed by atoms with Gasteiger partial charge in [-0.3, -0.25) is 4.79 Å². The molecular weight excluding hydrogens is 250 g/mol. The van der Waals surface area contributed by atoms with Crippen LogP contribution in [0.25, 0.3) is 0 Å². The fourth-order valence-corrected chi connectivity index (χ4v) is 2.87. The molecule has 0 spiro atoms. The lowest BCUT2D eigenvalue weighted by Crippen LogP contribution is -2.39. The Hall–Kier alpha value is -0.960. The molecule has 1 fully saturated rings. The van der Waals surface area contributed by atoms with Crippen molar-refractivity contribution in [2.24, 2.45) is 5.92 Å². The van der Waals surface area contributed by atoms with E-state index in [1.54, 1.807) is 0 Å². The molecule has 1 aromatic heterocycles. The minimum Gasteiger partial charge on any atom is -0.466 e. The van der Waals surface area contributed by atoms with Crippen molar-refractivity contribution in [1.29, 1.82) is 0 Å². The summed E-state index contributed by atoms with van der Waals surface area (Å²) >= 11 is 5.86. The van der Waals surface area contributed by atoms with E-state index < -0.39 is 0 Å². The predicted octanol–water partition coefficient (Wildman–Crippen LogP) is 3.30. The molecule has 0 aliphatic carbocycles. The number of piperidine rings is 1. The van der Waals surface area contributed by atoms with E-state index in [0.717, 1.165) is 48.6 Å². The molecule has 2 heterocycles. The maximum atomic E-state index is 12.5. The molecule has 4 heteroatoms. The summed E-state index contributed by atoms with van der Waals surface area (Å²) in [5.41, 5.74) is 1.72. The molecule has 1 amide bonds. The molecule has 2 rings (SSSR count). The van der Waals surface area contributed by atoms with Gasteiger partial charge in [0.05, 0.1) is 5.56 Å². The molecule has 0 atom stereocenters. The molecule has 0 N–H and O–H groups in total. The molecule has 3 nitrogen and oxygen atoms in total. The molecule has 0 unspecified atom stereocenters. The van der Waals surface area contributed by atoms with Crippen LogP contribution in [-0.2, 0) is 0 Å². The summed E-state index contributed by atoms with van der Waals surface area (Å²) in [5, 5.41) is 0. The average Bonchev–Trinajstić information content (AvgIpc) is 2.63. The van der Waals surface area contributed by atoms with Crippen molar-refractivity contribution in [2.45, 2.75) is 33.6 Å². The van der Waals surface area contributed by atoms with E-state index >= 15 is 0 Å². The number of likely N-dealkylation sites (tertiary alicyclic amines) is 1. The number of aryl methyl sites for hydroxylation is 2. The van der Waals surface area contributed by atoms with E-state index in [1.807, 2.05) is 25.7 Å². The van der Waals surface area contributed by atoms with Gasteiger partial charge in [-0.1, -0.05) is 0 Å². The number of nitrogens with zero attached hydrogens (tertiary/aromatic N) is 1. The smallest absolute Gasteiger partial charge is 0.257 e. The van der Waals surface area contributed by atoms with Gasteiger partial charge in [-0.25, -0.2) is 0 Å². The van der Waals surface area contributed by atoms with Gasteiger partial charge in [0.25, 0.3) is 5.91 Å². The lowest BCUT2D eigenvalue weighted by atomic mass is 9.98. The summed E-state index contributed by atoms with van der Waals surface area (Å²) in [4.78, 5) is 14.4. The number of amides is 1. The lowest BCUT2D eigenvalue weighted by molar-refractivity contribution is 0.0696. The van der Waals surface area contributed by atoms with Gasteiger partial charge < -0.3 is 9.32 Å². The minimum absolute atomic E-state index is 0.106. The summed E-state index contributed by atoms with van der Waals surface area (Å²) in [6.45, 7) is 7.32. The van der Waals surface area contributed by atoms with E-state index in [9.17, 15) is 4.79 Å². The third kappa shape index (κ3) is 2.41. The largest absolute Gasteiger partial charge is 0.466 e. The molecular formula is C14H20ClNO2. The van der Waals surface area contributed by atoms with Crippen molar-refractivity contribution in [1.82, 2.24) is 4.90 Å². The van der Waals surface area contributed by atoms with Gasteiger partial charge in [0.1, 0.15) is 11.5 Å². The van der Waals surface area contributed by atoms with Crippen LogP contribution in [0.1, 0.15) is 40.3 Å². The SMILES string of the molecule is Cc1oc(C)c(C(=O)N2CCC(CCl)CC2)c1C. The molecule has 0 aromatic carbocycles. The average molecular weight is 270 g/mol. The second kappa shape index (κ2) is 5.35. The Kier molecular flexibility index (Phi) is 4.00. The molecule has 0 radical (unpaired) electrons. The Bertz CT molecular complexity index is 445. The first-order chi connectivity index (χ1) is 8.54. The topological polar surface area (TPSA) is 33.5 Å². The van der Waals surface area contributed by atoms with Crippen molar-refractivity contribution in [3.8, 4) is 0 Å². The third-order valence-electron chi connectivity index (χ3n) is 3.90. The van der Waals surface area contributed by atoms with Crippen LogP contribution in [0.3, 0.4) is 0 Å². The van der Waals surface area contributed by atoms with Crippen LogP contribution in [0.2, 0.25) is 0 Å². The molecule has 100 valence electrons. The number of halogens is 1. The number of rotatable bonds is 2. The van der Waals surface area contributed by atoms with Crippen molar-refractivity contribution in [3.05, 3.63) is 22.6 Å². The van der Waals surface area contributed by atoms with Gasteiger partial charge in [0.15, 0.2) is 0 Å². The first-order valence-corrected chi connectivity index (χ1v) is 6.99. The van der Waals surface area contributed by atoms with Crippen LogP contribution in [0.15, 0.2) is 4.42 Å². The van der Waals surface area contributed by atoms with E-state index in [1.165, 1.54) is 0 Å². The number of hydrogen-bond donors (Lipinski definition) is 0. The van der Waals surface area contributed by atoms with Gasteiger partial charge in [-0.05, 0) is 39.5 Å². The first-order valence-electron chi connectivity index (χ1n) is 6.46. The van der Waals surface area contributed by atoms with Crippen molar-refractivity contribution < 1.29 is 9.21 Å². The molecule has 1 aliphatic rings. The monoisotopic (exact) mass is 269 g/mol. The van der Waals surface area contributed by atoms with E-state index in [2.05, 4.69) is 0 Å². The van der Waals surface area contributed by atoms with E-state index in [-0.39, 0.29) is 5.91 Å². The Labute approximate surface area is 113 Å². The molecule has 1 aliphatic heterocycles. The van der Waals surface area contributed by atoms with Gasteiger partial charge in [-0.2, -0.15) is 0 Å². The highest BCUT2D eigenvalue weighted by molar-refractivity contribution is 6.18. The summed E-state index contributed by atoms with van der Waals surface area (Å²) in [6.07, 6.45) is 2.01. The van der Waals surface area contributed by atoms with Crippen LogP contribution in [0.4, 0.5) is 0 Å². The molecule has 1 saturated heterocycles. The Morgan fingerprint density at radius 2 is 1.89 bits per heavy atom. The highest BCUT2D eigenvalue weighted by Crippen LogP contribution is 2.25. The number of alkyl halides is 1. The van der Waals surface area contributed by atoms with Crippen LogP contribution >= 0.6 is 11.6 Å². The molecule has 0 bridgehead atoms. The Morgan fingerprint density at radius 1 is 1.28 bits per heavy atom. The number of furan rings is 1. The zero-order chi connectivity index (χ0) is 13.3. The maximum absolute atomic E-state index is 12.5. The van der Waals surface area contributed by atoms with Gasteiger partial charge in [0.2, 0.25) is 0 Å². The van der Waals surface area contributed by atoms with Crippen LogP contribution in [0.5, 0.6) is 0 Å². The summed E-state index contributed by atoms with van der Waals surface area (Å²) < 4.78 is 5.53. The Morgan fingerprint density at radius 3 is 2.33 bits per heavy atom.